The predicted octanol–water partition coefficient (Wildman–Crippen LogP) is 4.13. The van der Waals surface area contributed by atoms with Crippen molar-refractivity contribution in [2.45, 2.75) is 71.6 Å². The number of nitrogens with one attached hydrogen (secondary N) is 1. The highest BCUT2D eigenvalue weighted by molar-refractivity contribution is 4.86. The fraction of sp³-hybridized carbons (Fsp3) is 1.00. The van der Waals surface area contributed by atoms with E-state index in [0.29, 0.717) is 5.41 Å². The van der Waals surface area contributed by atoms with E-state index in [4.69, 9.17) is 0 Å². The summed E-state index contributed by atoms with van der Waals surface area (Å²) >= 11 is 0. The molecule has 0 unspecified atom stereocenters. The summed E-state index contributed by atoms with van der Waals surface area (Å²) in [6.07, 6.45) is 12.9. The molecule has 1 rings (SSSR count). The average Bonchev–Trinajstić information content (AvgIpc) is 2.68. The Bertz CT molecular complexity index is 135. The molecule has 0 aliphatic heterocycles. The first-order valence-corrected chi connectivity index (χ1v) is 7.04. The number of rotatable bonds is 8. The van der Waals surface area contributed by atoms with Gasteiger partial charge in [-0.1, -0.05) is 46.0 Å². The maximum absolute atomic E-state index is 3.64. The van der Waals surface area contributed by atoms with E-state index in [9.17, 15) is 0 Å². The molecule has 1 N–H and O–H groups in total. The topological polar surface area (TPSA) is 12.0 Å². The van der Waals surface area contributed by atoms with Gasteiger partial charge in [-0.05, 0) is 37.6 Å². The highest BCUT2D eigenvalue weighted by Crippen LogP contribution is 2.41. The molecular formula is C14H29N. The van der Waals surface area contributed by atoms with E-state index in [1.54, 1.807) is 0 Å². The molecule has 0 radical (unpaired) electrons. The summed E-state index contributed by atoms with van der Waals surface area (Å²) < 4.78 is 0. The van der Waals surface area contributed by atoms with Crippen LogP contribution in [0.15, 0.2) is 0 Å². The van der Waals surface area contributed by atoms with Gasteiger partial charge in [0.2, 0.25) is 0 Å². The molecule has 1 aliphatic carbocycles. The molecule has 0 aromatic carbocycles. The Morgan fingerprint density at radius 2 is 1.73 bits per heavy atom. The van der Waals surface area contributed by atoms with E-state index in [1.807, 2.05) is 0 Å². The van der Waals surface area contributed by atoms with Crippen LogP contribution in [0.5, 0.6) is 0 Å². The van der Waals surface area contributed by atoms with Crippen LogP contribution in [-0.4, -0.2) is 13.1 Å². The number of hydrogen-bond donors (Lipinski definition) is 1. The van der Waals surface area contributed by atoms with Gasteiger partial charge in [-0.3, -0.25) is 0 Å². The average molecular weight is 211 g/mol. The third-order valence-corrected chi connectivity index (χ3v) is 3.90. The largest absolute Gasteiger partial charge is 0.316 e. The lowest BCUT2D eigenvalue weighted by molar-refractivity contribution is 0.248. The minimum atomic E-state index is 0.685. The highest BCUT2D eigenvalue weighted by Gasteiger charge is 2.32. The summed E-state index contributed by atoms with van der Waals surface area (Å²) in [4.78, 5) is 0. The smallest absolute Gasteiger partial charge is 0.000780 e. The van der Waals surface area contributed by atoms with Crippen molar-refractivity contribution in [1.29, 1.82) is 0 Å². The quantitative estimate of drug-likeness (QED) is 0.595. The van der Waals surface area contributed by atoms with Gasteiger partial charge in [-0.2, -0.15) is 0 Å². The summed E-state index contributed by atoms with van der Waals surface area (Å²) in [5, 5.41) is 3.64. The summed E-state index contributed by atoms with van der Waals surface area (Å²) in [6, 6.07) is 0. The van der Waals surface area contributed by atoms with Gasteiger partial charge < -0.3 is 5.32 Å². The van der Waals surface area contributed by atoms with Gasteiger partial charge in [-0.15, -0.1) is 0 Å². The Balaban J connectivity index is 2.26. The van der Waals surface area contributed by atoms with Gasteiger partial charge in [-0.25, -0.2) is 0 Å². The Morgan fingerprint density at radius 1 is 1.00 bits per heavy atom. The molecule has 1 aliphatic rings. The van der Waals surface area contributed by atoms with E-state index in [-0.39, 0.29) is 0 Å². The maximum atomic E-state index is 3.64. The van der Waals surface area contributed by atoms with Crippen LogP contribution in [0.2, 0.25) is 0 Å². The molecule has 0 bridgehead atoms. The molecule has 0 aromatic rings. The van der Waals surface area contributed by atoms with E-state index in [1.165, 1.54) is 70.9 Å². The Morgan fingerprint density at radius 3 is 2.33 bits per heavy atom. The Hall–Kier alpha value is -0.0400. The fourth-order valence-corrected chi connectivity index (χ4v) is 2.92. The summed E-state index contributed by atoms with van der Waals surface area (Å²) in [5.74, 6) is 0. The van der Waals surface area contributed by atoms with Crippen LogP contribution in [0.3, 0.4) is 0 Å². The normalized spacial score (nSPS) is 19.6. The van der Waals surface area contributed by atoms with Gasteiger partial charge in [0.15, 0.2) is 0 Å². The Kier molecular flexibility index (Phi) is 6.31. The molecule has 0 saturated heterocycles. The standard InChI is InChI=1S/C14H29N/c1-3-5-6-9-14(10-7-8-11-14)13-15-12-4-2/h15H,3-13H2,1-2H3. The molecule has 0 heterocycles. The van der Waals surface area contributed by atoms with Crippen molar-refractivity contribution in [3.63, 3.8) is 0 Å². The van der Waals surface area contributed by atoms with Crippen molar-refractivity contribution < 1.29 is 0 Å². The van der Waals surface area contributed by atoms with Crippen LogP contribution in [0.4, 0.5) is 0 Å². The molecule has 0 spiro atoms. The van der Waals surface area contributed by atoms with Crippen molar-refractivity contribution >= 4 is 0 Å². The predicted molar refractivity (Wildman–Crippen MR) is 68.2 cm³/mol. The van der Waals surface area contributed by atoms with Gasteiger partial charge in [0.25, 0.3) is 0 Å². The van der Waals surface area contributed by atoms with Gasteiger partial charge in [0.05, 0.1) is 0 Å². The molecule has 1 heteroatoms. The van der Waals surface area contributed by atoms with Crippen molar-refractivity contribution in [1.82, 2.24) is 5.32 Å². The SMILES string of the molecule is CCCCCC1(CNCCC)CCCC1. The molecule has 1 saturated carbocycles. The first-order valence-electron chi connectivity index (χ1n) is 7.04. The summed E-state index contributed by atoms with van der Waals surface area (Å²) in [6.45, 7) is 7.04. The van der Waals surface area contributed by atoms with Crippen LogP contribution in [0.25, 0.3) is 0 Å². The highest BCUT2D eigenvalue weighted by atomic mass is 14.9. The second-order valence-electron chi connectivity index (χ2n) is 5.34. The van der Waals surface area contributed by atoms with Crippen molar-refractivity contribution in [2.24, 2.45) is 5.41 Å². The first-order chi connectivity index (χ1) is 7.33. The van der Waals surface area contributed by atoms with Crippen LogP contribution in [0, 0.1) is 5.41 Å². The lowest BCUT2D eigenvalue weighted by Crippen LogP contribution is -2.32. The van der Waals surface area contributed by atoms with Gasteiger partial charge in [0.1, 0.15) is 0 Å². The fourth-order valence-electron chi connectivity index (χ4n) is 2.92. The molecule has 0 amide bonds. The first kappa shape index (κ1) is 13.0. The van der Waals surface area contributed by atoms with Crippen LogP contribution < -0.4 is 5.32 Å². The zero-order valence-electron chi connectivity index (χ0n) is 10.8. The lowest BCUT2D eigenvalue weighted by Gasteiger charge is -2.29. The minimum absolute atomic E-state index is 0.685. The summed E-state index contributed by atoms with van der Waals surface area (Å²) in [7, 11) is 0. The van der Waals surface area contributed by atoms with Crippen molar-refractivity contribution in [3.8, 4) is 0 Å². The maximum Gasteiger partial charge on any atom is 0.000780 e. The zero-order chi connectivity index (χ0) is 11.0. The van der Waals surface area contributed by atoms with Gasteiger partial charge in [0, 0.05) is 6.54 Å². The molecule has 0 atom stereocenters. The van der Waals surface area contributed by atoms with E-state index in [2.05, 4.69) is 19.2 Å². The number of unbranched alkanes of at least 4 members (excludes halogenated alkanes) is 2. The van der Waals surface area contributed by atoms with Crippen molar-refractivity contribution in [3.05, 3.63) is 0 Å². The van der Waals surface area contributed by atoms with Crippen LogP contribution in [-0.2, 0) is 0 Å². The second-order valence-corrected chi connectivity index (χ2v) is 5.34. The summed E-state index contributed by atoms with van der Waals surface area (Å²) in [5.41, 5.74) is 0.685. The second kappa shape index (κ2) is 7.27. The molecule has 0 aromatic heterocycles. The molecule has 90 valence electrons. The van der Waals surface area contributed by atoms with Crippen LogP contribution in [0.1, 0.15) is 71.6 Å². The van der Waals surface area contributed by atoms with Gasteiger partial charge >= 0.3 is 0 Å². The molecule has 1 fully saturated rings. The molecule has 15 heavy (non-hydrogen) atoms. The number of hydrogen-bond acceptors (Lipinski definition) is 1. The lowest BCUT2D eigenvalue weighted by atomic mass is 9.81. The minimum Gasteiger partial charge on any atom is -0.316 e. The third-order valence-electron chi connectivity index (χ3n) is 3.90. The zero-order valence-corrected chi connectivity index (χ0v) is 10.8. The van der Waals surface area contributed by atoms with E-state index >= 15 is 0 Å². The van der Waals surface area contributed by atoms with E-state index < -0.39 is 0 Å². The molecule has 1 nitrogen and oxygen atoms in total. The van der Waals surface area contributed by atoms with Crippen molar-refractivity contribution in [2.75, 3.05) is 13.1 Å². The third kappa shape index (κ3) is 4.55. The molecular weight excluding hydrogens is 182 g/mol. The van der Waals surface area contributed by atoms with E-state index in [0.717, 1.165) is 0 Å². The monoisotopic (exact) mass is 211 g/mol. The van der Waals surface area contributed by atoms with Crippen LogP contribution >= 0.6 is 0 Å². The Labute approximate surface area is 96.0 Å².